The molecular formula is C14H18F3NO2. The number of aliphatic hydroxyl groups excluding tert-OH is 1. The van der Waals surface area contributed by atoms with Crippen molar-refractivity contribution in [1.82, 2.24) is 0 Å². The van der Waals surface area contributed by atoms with Crippen LogP contribution in [0.25, 0.3) is 0 Å². The minimum Gasteiger partial charge on any atom is -0.496 e. The molecule has 1 aromatic carbocycles. The lowest BCUT2D eigenvalue weighted by molar-refractivity contribution is -0.138. The molecule has 3 N–H and O–H groups in total. The second kappa shape index (κ2) is 5.26. The number of methoxy groups -OCH3 is 1. The third kappa shape index (κ3) is 2.91. The largest absolute Gasteiger partial charge is 0.496 e. The van der Waals surface area contributed by atoms with E-state index in [0.29, 0.717) is 31.2 Å². The van der Waals surface area contributed by atoms with Crippen LogP contribution in [0, 0.1) is 0 Å². The monoisotopic (exact) mass is 289 g/mol. The highest BCUT2D eigenvalue weighted by Gasteiger charge is 2.37. The van der Waals surface area contributed by atoms with Gasteiger partial charge in [0.05, 0.1) is 18.8 Å². The van der Waals surface area contributed by atoms with Gasteiger partial charge in [0.15, 0.2) is 0 Å². The third-order valence-electron chi connectivity index (χ3n) is 3.93. The van der Waals surface area contributed by atoms with Gasteiger partial charge in [-0.1, -0.05) is 6.07 Å². The number of ether oxygens (including phenoxy) is 1. The first-order valence-electron chi connectivity index (χ1n) is 6.49. The van der Waals surface area contributed by atoms with E-state index in [1.807, 2.05) is 0 Å². The summed E-state index contributed by atoms with van der Waals surface area (Å²) in [5, 5.41) is 9.51. The van der Waals surface area contributed by atoms with E-state index in [4.69, 9.17) is 10.5 Å². The van der Waals surface area contributed by atoms with Gasteiger partial charge in [0.2, 0.25) is 0 Å². The third-order valence-corrected chi connectivity index (χ3v) is 3.93. The van der Waals surface area contributed by atoms with Gasteiger partial charge in [0.25, 0.3) is 0 Å². The van der Waals surface area contributed by atoms with Crippen LogP contribution in [0.4, 0.5) is 13.2 Å². The van der Waals surface area contributed by atoms with E-state index < -0.39 is 17.3 Å². The molecule has 0 heterocycles. The Balaban J connectivity index is 2.35. The maximum Gasteiger partial charge on any atom is 0.419 e. The van der Waals surface area contributed by atoms with Gasteiger partial charge in [-0.15, -0.1) is 0 Å². The Morgan fingerprint density at radius 2 is 1.90 bits per heavy atom. The molecule has 0 radical (unpaired) electrons. The first-order chi connectivity index (χ1) is 9.26. The molecule has 2 rings (SSSR count). The van der Waals surface area contributed by atoms with Gasteiger partial charge >= 0.3 is 6.18 Å². The van der Waals surface area contributed by atoms with Gasteiger partial charge in [-0.2, -0.15) is 13.2 Å². The topological polar surface area (TPSA) is 55.5 Å². The highest BCUT2D eigenvalue weighted by atomic mass is 19.4. The fourth-order valence-corrected chi connectivity index (χ4v) is 2.64. The lowest BCUT2D eigenvalue weighted by Gasteiger charge is -2.36. The van der Waals surface area contributed by atoms with Crippen molar-refractivity contribution in [2.45, 2.75) is 43.5 Å². The number of aliphatic hydroxyl groups is 1. The fraction of sp³-hybridized carbons (Fsp3) is 0.571. The zero-order valence-electron chi connectivity index (χ0n) is 11.2. The van der Waals surface area contributed by atoms with Gasteiger partial charge < -0.3 is 15.6 Å². The maximum atomic E-state index is 12.8. The van der Waals surface area contributed by atoms with E-state index in [2.05, 4.69) is 0 Å². The summed E-state index contributed by atoms with van der Waals surface area (Å²) in [6.45, 7) is 0. The maximum absolute atomic E-state index is 12.8. The minimum absolute atomic E-state index is 0.217. The van der Waals surface area contributed by atoms with E-state index in [9.17, 15) is 18.3 Å². The van der Waals surface area contributed by atoms with Gasteiger partial charge in [-0.3, -0.25) is 0 Å². The number of benzene rings is 1. The summed E-state index contributed by atoms with van der Waals surface area (Å²) in [4.78, 5) is 0. The minimum atomic E-state index is -4.45. The molecule has 1 aliphatic carbocycles. The fourth-order valence-electron chi connectivity index (χ4n) is 2.64. The molecule has 1 aromatic rings. The summed E-state index contributed by atoms with van der Waals surface area (Å²) >= 11 is 0. The highest BCUT2D eigenvalue weighted by Crippen LogP contribution is 2.41. The predicted octanol–water partition coefficient (Wildman–Crippen LogP) is 2.80. The second-order valence-corrected chi connectivity index (χ2v) is 5.30. The molecule has 0 unspecified atom stereocenters. The van der Waals surface area contributed by atoms with Crippen molar-refractivity contribution >= 4 is 0 Å². The number of rotatable bonds is 2. The number of halogens is 3. The lowest BCUT2D eigenvalue weighted by atomic mass is 9.76. The summed E-state index contributed by atoms with van der Waals surface area (Å²) in [6.07, 6.45) is -2.62. The lowest BCUT2D eigenvalue weighted by Crippen LogP contribution is -2.41. The molecule has 0 amide bonds. The van der Waals surface area contributed by atoms with Crippen LogP contribution >= 0.6 is 0 Å². The van der Waals surface area contributed by atoms with E-state index in [0.717, 1.165) is 6.07 Å². The summed E-state index contributed by atoms with van der Waals surface area (Å²) in [5.74, 6) is -0.217. The quantitative estimate of drug-likeness (QED) is 0.880. The summed E-state index contributed by atoms with van der Waals surface area (Å²) in [6, 6.07) is 3.78. The highest BCUT2D eigenvalue weighted by molar-refractivity contribution is 5.42. The number of hydrogen-bond donors (Lipinski definition) is 2. The smallest absolute Gasteiger partial charge is 0.419 e. The summed E-state index contributed by atoms with van der Waals surface area (Å²) in [7, 11) is 1.21. The predicted molar refractivity (Wildman–Crippen MR) is 68.3 cm³/mol. The molecule has 0 atom stereocenters. The SMILES string of the molecule is COc1cc(C2(N)CCC(O)CC2)ccc1C(F)(F)F. The van der Waals surface area contributed by atoms with Crippen LogP contribution in [0.1, 0.15) is 36.8 Å². The molecule has 0 bridgehead atoms. The zero-order chi connectivity index (χ0) is 15.0. The van der Waals surface area contributed by atoms with Gasteiger partial charge in [-0.25, -0.2) is 0 Å². The normalized spacial score (nSPS) is 27.4. The molecule has 6 heteroatoms. The number of hydrogen-bond acceptors (Lipinski definition) is 3. The first kappa shape index (κ1) is 15.1. The Morgan fingerprint density at radius 3 is 2.40 bits per heavy atom. The molecule has 0 aromatic heterocycles. The van der Waals surface area contributed by atoms with Crippen LogP contribution in [0.3, 0.4) is 0 Å². The van der Waals surface area contributed by atoms with Crippen LogP contribution in [0.2, 0.25) is 0 Å². The molecule has 20 heavy (non-hydrogen) atoms. The molecule has 1 saturated carbocycles. The van der Waals surface area contributed by atoms with E-state index in [-0.39, 0.29) is 11.9 Å². The average Bonchev–Trinajstić information content (AvgIpc) is 2.40. The van der Waals surface area contributed by atoms with Crippen molar-refractivity contribution in [3.8, 4) is 5.75 Å². The number of alkyl halides is 3. The Labute approximate surface area is 115 Å². The van der Waals surface area contributed by atoms with Crippen LogP contribution in [-0.4, -0.2) is 18.3 Å². The van der Waals surface area contributed by atoms with Crippen molar-refractivity contribution in [2.75, 3.05) is 7.11 Å². The van der Waals surface area contributed by atoms with Crippen LogP contribution < -0.4 is 10.5 Å². The molecule has 0 spiro atoms. The average molecular weight is 289 g/mol. The van der Waals surface area contributed by atoms with Crippen molar-refractivity contribution < 1.29 is 23.0 Å². The van der Waals surface area contributed by atoms with Gasteiger partial charge in [-0.05, 0) is 43.4 Å². The Hall–Kier alpha value is -1.27. The molecule has 3 nitrogen and oxygen atoms in total. The van der Waals surface area contributed by atoms with Crippen LogP contribution in [0.5, 0.6) is 5.75 Å². The van der Waals surface area contributed by atoms with E-state index in [1.54, 1.807) is 0 Å². The summed E-state index contributed by atoms with van der Waals surface area (Å²) < 4.78 is 43.3. The second-order valence-electron chi connectivity index (χ2n) is 5.30. The first-order valence-corrected chi connectivity index (χ1v) is 6.49. The van der Waals surface area contributed by atoms with E-state index in [1.165, 1.54) is 19.2 Å². The van der Waals surface area contributed by atoms with Gasteiger partial charge in [0, 0.05) is 5.54 Å². The molecule has 1 aliphatic rings. The Morgan fingerprint density at radius 1 is 1.30 bits per heavy atom. The van der Waals surface area contributed by atoms with Crippen molar-refractivity contribution in [2.24, 2.45) is 5.73 Å². The molecule has 112 valence electrons. The van der Waals surface area contributed by atoms with Gasteiger partial charge in [0.1, 0.15) is 5.75 Å². The zero-order valence-corrected chi connectivity index (χ0v) is 11.2. The standard InChI is InChI=1S/C14H18F3NO2/c1-20-12-8-9(2-3-11(12)14(15,16)17)13(18)6-4-10(19)5-7-13/h2-3,8,10,19H,4-7,18H2,1H3. The molecule has 1 fully saturated rings. The van der Waals surface area contributed by atoms with E-state index >= 15 is 0 Å². The molecule has 0 saturated heterocycles. The number of nitrogens with two attached hydrogens (primary N) is 1. The molecular weight excluding hydrogens is 271 g/mol. The van der Waals surface area contributed by atoms with Crippen molar-refractivity contribution in [3.05, 3.63) is 29.3 Å². The van der Waals surface area contributed by atoms with Crippen LogP contribution in [0.15, 0.2) is 18.2 Å². The Bertz CT molecular complexity index is 480. The van der Waals surface area contributed by atoms with Crippen LogP contribution in [-0.2, 0) is 11.7 Å². The Kier molecular flexibility index (Phi) is 3.97. The van der Waals surface area contributed by atoms with Crippen molar-refractivity contribution in [3.63, 3.8) is 0 Å². The van der Waals surface area contributed by atoms with Crippen molar-refractivity contribution in [1.29, 1.82) is 0 Å². The molecule has 0 aliphatic heterocycles. The summed E-state index contributed by atoms with van der Waals surface area (Å²) in [5.41, 5.74) is 5.40.